The van der Waals surface area contributed by atoms with E-state index >= 15 is 0 Å². The Labute approximate surface area is 126 Å². The Morgan fingerprint density at radius 3 is 2.52 bits per heavy atom. The Kier molecular flexibility index (Phi) is 5.00. The molecule has 1 aromatic rings. The molecule has 1 saturated heterocycles. The number of nitrogens with one attached hydrogen (secondary N) is 1. The second-order valence-electron chi connectivity index (χ2n) is 5.80. The Bertz CT molecular complexity index is 584. The molecular weight excluding hydrogens is 288 g/mol. The minimum atomic E-state index is -3.36. The highest BCUT2D eigenvalue weighted by Crippen LogP contribution is 2.19. The lowest BCUT2D eigenvalue weighted by atomic mass is 10.1. The first-order valence-electron chi connectivity index (χ1n) is 7.18. The van der Waals surface area contributed by atoms with Crippen LogP contribution in [0.15, 0.2) is 30.3 Å². The van der Waals surface area contributed by atoms with E-state index in [-0.39, 0.29) is 23.6 Å². The SMILES string of the molecule is CC(C)N1CC(CNS(=O)(=O)Cc2ccccc2)CC1=O. The summed E-state index contributed by atoms with van der Waals surface area (Å²) in [5.74, 6) is 0.144. The van der Waals surface area contributed by atoms with Crippen LogP contribution in [0, 0.1) is 5.92 Å². The number of carbonyl (C=O) groups is 1. The highest BCUT2D eigenvalue weighted by atomic mass is 32.2. The quantitative estimate of drug-likeness (QED) is 0.863. The van der Waals surface area contributed by atoms with Gasteiger partial charge in [-0.15, -0.1) is 0 Å². The summed E-state index contributed by atoms with van der Waals surface area (Å²) in [5.41, 5.74) is 0.760. The normalized spacial score (nSPS) is 19.5. The number of nitrogens with zero attached hydrogens (tertiary/aromatic N) is 1. The number of benzene rings is 1. The van der Waals surface area contributed by atoms with Crippen LogP contribution in [0.4, 0.5) is 0 Å². The van der Waals surface area contributed by atoms with E-state index in [1.165, 1.54) is 0 Å². The predicted molar refractivity (Wildman–Crippen MR) is 82.0 cm³/mol. The maximum Gasteiger partial charge on any atom is 0.223 e. The van der Waals surface area contributed by atoms with Crippen molar-refractivity contribution in [1.29, 1.82) is 0 Å². The third kappa shape index (κ3) is 4.54. The standard InChI is InChI=1S/C15H22N2O3S/c1-12(2)17-10-14(8-15(17)18)9-16-21(19,20)11-13-6-4-3-5-7-13/h3-7,12,14,16H,8-11H2,1-2H3. The van der Waals surface area contributed by atoms with Gasteiger partial charge < -0.3 is 4.90 Å². The van der Waals surface area contributed by atoms with Gasteiger partial charge in [-0.25, -0.2) is 13.1 Å². The first-order chi connectivity index (χ1) is 9.87. The summed E-state index contributed by atoms with van der Waals surface area (Å²) in [6.07, 6.45) is 0.423. The molecule has 1 fully saturated rings. The lowest BCUT2D eigenvalue weighted by Crippen LogP contribution is -2.34. The molecule has 116 valence electrons. The van der Waals surface area contributed by atoms with E-state index in [0.29, 0.717) is 19.5 Å². The van der Waals surface area contributed by atoms with Gasteiger partial charge in [-0.2, -0.15) is 0 Å². The summed E-state index contributed by atoms with van der Waals surface area (Å²) in [6.45, 7) is 4.90. The van der Waals surface area contributed by atoms with Crippen molar-refractivity contribution in [3.05, 3.63) is 35.9 Å². The summed E-state index contributed by atoms with van der Waals surface area (Å²) in [5, 5.41) is 0. The molecule has 1 aromatic carbocycles. The van der Waals surface area contributed by atoms with Crippen molar-refractivity contribution < 1.29 is 13.2 Å². The van der Waals surface area contributed by atoms with Crippen LogP contribution in [0.3, 0.4) is 0 Å². The summed E-state index contributed by atoms with van der Waals surface area (Å²) in [7, 11) is -3.36. The molecule has 0 spiro atoms. The molecule has 5 nitrogen and oxygen atoms in total. The van der Waals surface area contributed by atoms with E-state index in [1.54, 1.807) is 17.0 Å². The van der Waals surface area contributed by atoms with E-state index in [4.69, 9.17) is 0 Å². The molecule has 21 heavy (non-hydrogen) atoms. The second-order valence-corrected chi connectivity index (χ2v) is 7.61. The Morgan fingerprint density at radius 2 is 1.95 bits per heavy atom. The van der Waals surface area contributed by atoms with Crippen molar-refractivity contribution in [2.75, 3.05) is 13.1 Å². The molecule has 1 unspecified atom stereocenters. The molecule has 0 aliphatic carbocycles. The first-order valence-corrected chi connectivity index (χ1v) is 8.83. The lowest BCUT2D eigenvalue weighted by Gasteiger charge is -2.21. The van der Waals surface area contributed by atoms with Crippen molar-refractivity contribution in [1.82, 2.24) is 9.62 Å². The zero-order valence-electron chi connectivity index (χ0n) is 12.5. The number of hydrogen-bond donors (Lipinski definition) is 1. The summed E-state index contributed by atoms with van der Waals surface area (Å²) >= 11 is 0. The number of carbonyl (C=O) groups excluding carboxylic acids is 1. The topological polar surface area (TPSA) is 66.5 Å². The number of likely N-dealkylation sites (tertiary alicyclic amines) is 1. The van der Waals surface area contributed by atoms with E-state index in [0.717, 1.165) is 5.56 Å². The van der Waals surface area contributed by atoms with Gasteiger partial charge >= 0.3 is 0 Å². The fraction of sp³-hybridized carbons (Fsp3) is 0.533. The van der Waals surface area contributed by atoms with Gasteiger partial charge in [-0.05, 0) is 25.3 Å². The van der Waals surface area contributed by atoms with Crippen molar-refractivity contribution in [3.8, 4) is 0 Å². The van der Waals surface area contributed by atoms with Gasteiger partial charge in [0.05, 0.1) is 5.75 Å². The van der Waals surface area contributed by atoms with Gasteiger partial charge in [0.15, 0.2) is 0 Å². The van der Waals surface area contributed by atoms with Crippen LogP contribution in [-0.2, 0) is 20.6 Å². The van der Waals surface area contributed by atoms with Gasteiger partial charge in [-0.3, -0.25) is 4.79 Å². The second kappa shape index (κ2) is 6.58. The van der Waals surface area contributed by atoms with Crippen molar-refractivity contribution in [2.45, 2.75) is 32.1 Å². The first kappa shape index (κ1) is 16.0. The molecule has 1 N–H and O–H groups in total. The third-order valence-electron chi connectivity index (χ3n) is 3.65. The van der Waals surface area contributed by atoms with Crippen LogP contribution in [0.25, 0.3) is 0 Å². The Morgan fingerprint density at radius 1 is 1.29 bits per heavy atom. The fourth-order valence-corrected chi connectivity index (χ4v) is 3.76. The van der Waals surface area contributed by atoms with Crippen LogP contribution >= 0.6 is 0 Å². The van der Waals surface area contributed by atoms with Crippen LogP contribution in [-0.4, -0.2) is 38.4 Å². The van der Waals surface area contributed by atoms with Crippen LogP contribution in [0.5, 0.6) is 0 Å². The highest BCUT2D eigenvalue weighted by molar-refractivity contribution is 7.88. The average molecular weight is 310 g/mol. The van der Waals surface area contributed by atoms with E-state index < -0.39 is 10.0 Å². The minimum absolute atomic E-state index is 0.0254. The Balaban J connectivity index is 1.87. The number of hydrogen-bond acceptors (Lipinski definition) is 3. The lowest BCUT2D eigenvalue weighted by molar-refractivity contribution is -0.129. The molecule has 0 radical (unpaired) electrons. The average Bonchev–Trinajstić information content (AvgIpc) is 2.79. The molecule has 0 saturated carbocycles. The fourth-order valence-electron chi connectivity index (χ4n) is 2.53. The molecular formula is C15H22N2O3S. The highest BCUT2D eigenvalue weighted by Gasteiger charge is 2.31. The molecule has 0 bridgehead atoms. The number of sulfonamides is 1. The van der Waals surface area contributed by atoms with Gasteiger partial charge in [0.2, 0.25) is 15.9 Å². The van der Waals surface area contributed by atoms with Crippen molar-refractivity contribution in [2.24, 2.45) is 5.92 Å². The van der Waals surface area contributed by atoms with E-state index in [2.05, 4.69) is 4.72 Å². The Hall–Kier alpha value is -1.40. The zero-order chi connectivity index (χ0) is 15.5. The molecule has 2 rings (SSSR count). The molecule has 6 heteroatoms. The van der Waals surface area contributed by atoms with E-state index in [1.807, 2.05) is 32.0 Å². The molecule has 1 amide bonds. The summed E-state index contributed by atoms with van der Waals surface area (Å²) in [6, 6.07) is 9.25. The number of amides is 1. The van der Waals surface area contributed by atoms with Crippen LogP contribution in [0.2, 0.25) is 0 Å². The van der Waals surface area contributed by atoms with Gasteiger partial charge in [0, 0.05) is 25.6 Å². The van der Waals surface area contributed by atoms with Crippen LogP contribution in [0.1, 0.15) is 25.8 Å². The molecule has 1 heterocycles. The van der Waals surface area contributed by atoms with E-state index in [9.17, 15) is 13.2 Å². The smallest absolute Gasteiger partial charge is 0.223 e. The zero-order valence-corrected chi connectivity index (χ0v) is 13.3. The molecule has 1 atom stereocenters. The maximum atomic E-state index is 12.0. The summed E-state index contributed by atoms with van der Waals surface area (Å²) < 4.78 is 26.7. The van der Waals surface area contributed by atoms with Crippen molar-refractivity contribution >= 4 is 15.9 Å². The van der Waals surface area contributed by atoms with Gasteiger partial charge in [0.1, 0.15) is 0 Å². The number of rotatable bonds is 6. The van der Waals surface area contributed by atoms with Crippen molar-refractivity contribution in [3.63, 3.8) is 0 Å². The third-order valence-corrected chi connectivity index (χ3v) is 4.97. The largest absolute Gasteiger partial charge is 0.340 e. The maximum absolute atomic E-state index is 12.0. The van der Waals surface area contributed by atoms with Gasteiger partial charge in [-0.1, -0.05) is 30.3 Å². The van der Waals surface area contributed by atoms with Crippen LogP contribution < -0.4 is 4.72 Å². The molecule has 1 aliphatic heterocycles. The summed E-state index contributed by atoms with van der Waals surface area (Å²) in [4.78, 5) is 13.6. The molecule has 0 aromatic heterocycles. The minimum Gasteiger partial charge on any atom is -0.340 e. The monoisotopic (exact) mass is 310 g/mol. The predicted octanol–water partition coefficient (Wildman–Crippen LogP) is 1.36. The molecule has 1 aliphatic rings. The van der Waals surface area contributed by atoms with Gasteiger partial charge in [0.25, 0.3) is 0 Å².